The van der Waals surface area contributed by atoms with Crippen LogP contribution in [0.4, 0.5) is 5.69 Å². The Balaban J connectivity index is 0.000000980. The summed E-state index contributed by atoms with van der Waals surface area (Å²) in [5.41, 5.74) is 2.09. The fourth-order valence-electron chi connectivity index (χ4n) is 1.35. The molecule has 0 saturated heterocycles. The van der Waals surface area contributed by atoms with Gasteiger partial charge in [0.1, 0.15) is 0 Å². The molecule has 2 rings (SSSR count). The third-order valence-corrected chi connectivity index (χ3v) is 2.09. The molecular weight excluding hydrogens is 255 g/mol. The largest absolute Gasteiger partial charge is 0.333 e. The maximum absolute atomic E-state index is 11.3. The average Bonchev–Trinajstić information content (AvgIpc) is 2.37. The van der Waals surface area contributed by atoms with Crippen LogP contribution in [0, 0.1) is 13.8 Å². The van der Waals surface area contributed by atoms with Crippen LogP contribution >= 0.6 is 0 Å². The zero-order chi connectivity index (χ0) is 9.59. The van der Waals surface area contributed by atoms with Crippen molar-refractivity contribution in [2.24, 2.45) is 0 Å². The van der Waals surface area contributed by atoms with Gasteiger partial charge in [-0.25, -0.2) is 6.07 Å². The van der Waals surface area contributed by atoms with Gasteiger partial charge in [-0.05, 0) is 5.69 Å². The summed E-state index contributed by atoms with van der Waals surface area (Å²) in [6.45, 7) is 7.40. The van der Waals surface area contributed by atoms with Crippen molar-refractivity contribution in [2.45, 2.75) is 0 Å². The topological polar surface area (TPSA) is 46.2 Å². The van der Waals surface area contributed by atoms with E-state index in [4.69, 9.17) is 0 Å². The molecule has 0 saturated carbocycles. The number of rotatable bonds is 0. The predicted molar refractivity (Wildman–Crippen MR) is 48.3 cm³/mol. The zero-order valence-corrected chi connectivity index (χ0v) is 10.3. The standard InChI is InChI=1S/C10H7NO2.Y/c1-5-3-4-7-8(6(5)2)9(12)10(13)11-7;/h3-4H,1-2H2,(H,11,12,13);/q-2;. The smallest absolute Gasteiger partial charge is 0.281 e. The number of carbonyl (C=O) groups is 2. The van der Waals surface area contributed by atoms with E-state index in [1.807, 2.05) is 0 Å². The molecular formula is C10H7NO2Y-2. The molecule has 3 nitrogen and oxygen atoms in total. The molecule has 1 aromatic rings. The van der Waals surface area contributed by atoms with Crippen molar-refractivity contribution < 1.29 is 42.3 Å². The van der Waals surface area contributed by atoms with Gasteiger partial charge in [0, 0.05) is 32.7 Å². The van der Waals surface area contributed by atoms with Crippen molar-refractivity contribution >= 4 is 17.4 Å². The maximum Gasteiger partial charge on any atom is 0.281 e. The summed E-state index contributed by atoms with van der Waals surface area (Å²) in [6, 6.07) is 3.38. The third kappa shape index (κ3) is 1.47. The number of anilines is 1. The first-order valence-electron chi connectivity index (χ1n) is 3.78. The number of benzene rings is 1. The molecule has 1 radical (unpaired) electrons. The van der Waals surface area contributed by atoms with Gasteiger partial charge in [-0.15, -0.1) is 11.6 Å². The second-order valence-electron chi connectivity index (χ2n) is 2.91. The Morgan fingerprint density at radius 2 is 1.79 bits per heavy atom. The SMILES string of the molecule is [CH2-]c1ccc2c(c1[CH2-])C(=O)C(=O)N2.[Y]. The van der Waals surface area contributed by atoms with Crippen LogP contribution in [0.5, 0.6) is 0 Å². The predicted octanol–water partition coefficient (Wildman–Crippen LogP) is 1.18. The normalized spacial score (nSPS) is 13.1. The first-order chi connectivity index (χ1) is 6.11. The van der Waals surface area contributed by atoms with E-state index >= 15 is 0 Å². The van der Waals surface area contributed by atoms with Gasteiger partial charge < -0.3 is 5.32 Å². The molecule has 1 aromatic carbocycles. The Bertz CT molecular complexity index is 426. The van der Waals surface area contributed by atoms with E-state index in [9.17, 15) is 9.59 Å². The summed E-state index contributed by atoms with van der Waals surface area (Å²) in [6.07, 6.45) is 0. The van der Waals surface area contributed by atoms with E-state index in [2.05, 4.69) is 19.2 Å². The van der Waals surface area contributed by atoms with Gasteiger partial charge in [0.25, 0.3) is 5.91 Å². The Kier molecular flexibility index (Phi) is 3.02. The molecule has 1 heterocycles. The van der Waals surface area contributed by atoms with Crippen LogP contribution < -0.4 is 5.32 Å². The molecule has 1 aliphatic heterocycles. The van der Waals surface area contributed by atoms with Gasteiger partial charge in [0.05, 0.1) is 0 Å². The minimum Gasteiger partial charge on any atom is -0.333 e. The minimum absolute atomic E-state index is 0. The van der Waals surface area contributed by atoms with Crippen molar-refractivity contribution in [3.8, 4) is 0 Å². The van der Waals surface area contributed by atoms with Crippen LogP contribution in [0.2, 0.25) is 0 Å². The van der Waals surface area contributed by atoms with Crippen LogP contribution in [0.15, 0.2) is 12.1 Å². The van der Waals surface area contributed by atoms with E-state index in [1.54, 1.807) is 12.1 Å². The number of hydrogen-bond acceptors (Lipinski definition) is 2. The van der Waals surface area contributed by atoms with E-state index in [0.717, 1.165) is 0 Å². The van der Waals surface area contributed by atoms with Gasteiger partial charge in [0.2, 0.25) is 0 Å². The maximum atomic E-state index is 11.3. The summed E-state index contributed by atoms with van der Waals surface area (Å²) in [5, 5.41) is 2.46. The molecule has 0 fully saturated rings. The van der Waals surface area contributed by atoms with Crippen molar-refractivity contribution in [3.63, 3.8) is 0 Å². The third-order valence-electron chi connectivity index (χ3n) is 2.09. The quantitative estimate of drug-likeness (QED) is 0.563. The Morgan fingerprint density at radius 3 is 2.43 bits per heavy atom. The molecule has 1 N–H and O–H groups in total. The second kappa shape index (κ2) is 3.75. The number of amides is 1. The molecule has 4 heteroatoms. The van der Waals surface area contributed by atoms with Crippen LogP contribution in [-0.4, -0.2) is 11.7 Å². The monoisotopic (exact) mass is 262 g/mol. The summed E-state index contributed by atoms with van der Waals surface area (Å²) in [5.74, 6) is -1.11. The molecule has 0 aliphatic carbocycles. The first kappa shape index (κ1) is 11.3. The van der Waals surface area contributed by atoms with E-state index in [0.29, 0.717) is 22.4 Å². The number of Topliss-reactive ketones (excluding diaryl/α,β-unsaturated/α-hetero) is 1. The first-order valence-corrected chi connectivity index (χ1v) is 3.78. The van der Waals surface area contributed by atoms with Crippen molar-refractivity contribution in [2.75, 3.05) is 5.32 Å². The number of fused-ring (bicyclic) bond motifs is 1. The molecule has 0 spiro atoms. The zero-order valence-electron chi connectivity index (χ0n) is 7.46. The van der Waals surface area contributed by atoms with E-state index in [-0.39, 0.29) is 32.7 Å². The second-order valence-corrected chi connectivity index (χ2v) is 2.91. The van der Waals surface area contributed by atoms with Crippen LogP contribution in [-0.2, 0) is 37.5 Å². The van der Waals surface area contributed by atoms with Gasteiger partial charge in [0.15, 0.2) is 5.78 Å². The van der Waals surface area contributed by atoms with Crippen LogP contribution in [0.1, 0.15) is 21.5 Å². The van der Waals surface area contributed by atoms with Gasteiger partial charge in [-0.3, -0.25) is 34.6 Å². The number of hydrogen-bond donors (Lipinski definition) is 1. The van der Waals surface area contributed by atoms with Crippen LogP contribution in [0.25, 0.3) is 0 Å². The molecule has 0 aromatic heterocycles. The van der Waals surface area contributed by atoms with Gasteiger partial charge in [-0.1, -0.05) is 0 Å². The summed E-state index contributed by atoms with van der Waals surface area (Å²) >= 11 is 0. The molecule has 0 bridgehead atoms. The number of ketones is 1. The molecule has 0 unspecified atom stereocenters. The minimum atomic E-state index is -0.592. The molecule has 1 amide bonds. The van der Waals surface area contributed by atoms with Gasteiger partial charge in [-0.2, -0.15) is 0 Å². The number of carbonyl (C=O) groups excluding carboxylic acids is 2. The van der Waals surface area contributed by atoms with E-state index in [1.165, 1.54) is 0 Å². The molecule has 1 aliphatic rings. The van der Waals surface area contributed by atoms with Gasteiger partial charge >= 0.3 is 0 Å². The number of nitrogens with one attached hydrogen (secondary N) is 1. The summed E-state index contributed by atoms with van der Waals surface area (Å²) < 4.78 is 0. The van der Waals surface area contributed by atoms with Crippen molar-refractivity contribution in [3.05, 3.63) is 42.7 Å². The molecule has 69 valence electrons. The Hall–Kier alpha value is -0.796. The van der Waals surface area contributed by atoms with Crippen LogP contribution in [0.3, 0.4) is 0 Å². The van der Waals surface area contributed by atoms with Crippen molar-refractivity contribution in [1.29, 1.82) is 0 Å². The fourth-order valence-corrected chi connectivity index (χ4v) is 1.35. The molecule has 0 atom stereocenters. The summed E-state index contributed by atoms with van der Waals surface area (Å²) in [7, 11) is 0. The fraction of sp³-hybridized carbons (Fsp3) is 0. The summed E-state index contributed by atoms with van der Waals surface area (Å²) in [4.78, 5) is 22.3. The van der Waals surface area contributed by atoms with Crippen molar-refractivity contribution in [1.82, 2.24) is 0 Å². The Labute approximate surface area is 107 Å². The molecule has 14 heavy (non-hydrogen) atoms. The van der Waals surface area contributed by atoms with E-state index < -0.39 is 11.7 Å². The Morgan fingerprint density at radius 1 is 1.14 bits per heavy atom. The average molecular weight is 262 g/mol.